The Morgan fingerprint density at radius 1 is 1.17 bits per heavy atom. The predicted octanol–water partition coefficient (Wildman–Crippen LogP) is 5.53. The summed E-state index contributed by atoms with van der Waals surface area (Å²) in [6.07, 6.45) is 3.08. The van der Waals surface area contributed by atoms with Crippen LogP contribution < -0.4 is 4.74 Å². The number of aromatic amines is 1. The van der Waals surface area contributed by atoms with E-state index < -0.39 is 0 Å². The molecule has 2 aromatic carbocycles. The van der Waals surface area contributed by atoms with Gasteiger partial charge in [0.25, 0.3) is 0 Å². The van der Waals surface area contributed by atoms with E-state index in [9.17, 15) is 0 Å². The van der Waals surface area contributed by atoms with Crippen molar-refractivity contribution in [1.82, 2.24) is 9.97 Å². The Balaban J connectivity index is 1.78. The van der Waals surface area contributed by atoms with Gasteiger partial charge in [-0.3, -0.25) is 0 Å². The number of thiazole rings is 1. The van der Waals surface area contributed by atoms with Gasteiger partial charge in [-0.25, -0.2) is 4.98 Å². The Bertz CT molecular complexity index is 1000. The van der Waals surface area contributed by atoms with Crippen molar-refractivity contribution in [3.05, 3.63) is 59.6 Å². The van der Waals surface area contributed by atoms with Gasteiger partial charge in [0.2, 0.25) is 0 Å². The van der Waals surface area contributed by atoms with E-state index in [-0.39, 0.29) is 0 Å². The monoisotopic (exact) mass is 334 g/mol. The van der Waals surface area contributed by atoms with Gasteiger partial charge in [0.1, 0.15) is 10.8 Å². The molecule has 2 aromatic heterocycles. The number of methoxy groups -OCH3 is 1. The smallest absolute Gasteiger partial charge is 0.124 e. The molecule has 2 heterocycles. The molecule has 4 rings (SSSR count). The Hall–Kier alpha value is -2.59. The fourth-order valence-electron chi connectivity index (χ4n) is 3.01. The van der Waals surface area contributed by atoms with Gasteiger partial charge in [0.15, 0.2) is 0 Å². The van der Waals surface area contributed by atoms with Crippen molar-refractivity contribution in [2.24, 2.45) is 0 Å². The summed E-state index contributed by atoms with van der Waals surface area (Å²) in [6, 6.07) is 14.5. The van der Waals surface area contributed by atoms with Crippen LogP contribution in [0.25, 0.3) is 32.7 Å². The highest BCUT2D eigenvalue weighted by Gasteiger charge is 2.12. The maximum absolute atomic E-state index is 5.31. The molecule has 24 heavy (non-hydrogen) atoms. The molecule has 120 valence electrons. The first-order valence-electron chi connectivity index (χ1n) is 7.99. The summed E-state index contributed by atoms with van der Waals surface area (Å²) in [7, 11) is 1.68. The average molecular weight is 334 g/mol. The summed E-state index contributed by atoms with van der Waals surface area (Å²) in [6.45, 7) is 2.18. The van der Waals surface area contributed by atoms with Crippen molar-refractivity contribution in [1.29, 1.82) is 0 Å². The van der Waals surface area contributed by atoms with Crippen LogP contribution in [-0.2, 0) is 6.42 Å². The van der Waals surface area contributed by atoms with Crippen molar-refractivity contribution in [3.8, 4) is 27.6 Å². The molecule has 0 aliphatic rings. The van der Waals surface area contributed by atoms with Gasteiger partial charge >= 0.3 is 0 Å². The van der Waals surface area contributed by atoms with Gasteiger partial charge in [-0.15, -0.1) is 11.3 Å². The first-order valence-corrected chi connectivity index (χ1v) is 8.87. The third-order valence-electron chi connectivity index (χ3n) is 4.28. The van der Waals surface area contributed by atoms with Crippen molar-refractivity contribution in [2.75, 3.05) is 7.11 Å². The number of benzene rings is 2. The lowest BCUT2D eigenvalue weighted by Crippen LogP contribution is -1.84. The van der Waals surface area contributed by atoms with E-state index in [0.29, 0.717) is 0 Å². The first-order chi connectivity index (χ1) is 11.8. The lowest BCUT2D eigenvalue weighted by Gasteiger charge is -2.01. The van der Waals surface area contributed by atoms with Gasteiger partial charge in [-0.1, -0.05) is 37.3 Å². The minimum Gasteiger partial charge on any atom is -0.497 e. The number of aryl methyl sites for hydroxylation is 1. The summed E-state index contributed by atoms with van der Waals surface area (Å²) in [5.41, 5.74) is 5.80. The average Bonchev–Trinajstić information content (AvgIpc) is 3.28. The van der Waals surface area contributed by atoms with Crippen LogP contribution in [0.15, 0.2) is 54.0 Å². The third kappa shape index (κ3) is 2.49. The second kappa shape index (κ2) is 6.13. The van der Waals surface area contributed by atoms with Gasteiger partial charge < -0.3 is 9.72 Å². The molecule has 0 unspecified atom stereocenters. The Morgan fingerprint density at radius 3 is 2.88 bits per heavy atom. The number of ether oxygens (including phenoxy) is 1. The second-order valence-electron chi connectivity index (χ2n) is 5.67. The molecule has 3 nitrogen and oxygen atoms in total. The Labute approximate surface area is 145 Å². The summed E-state index contributed by atoms with van der Waals surface area (Å²) < 4.78 is 5.31. The van der Waals surface area contributed by atoms with E-state index in [1.165, 1.54) is 16.5 Å². The van der Waals surface area contributed by atoms with Crippen LogP contribution >= 0.6 is 11.3 Å². The molecule has 4 aromatic rings. The number of para-hydroxylation sites is 1. The summed E-state index contributed by atoms with van der Waals surface area (Å²) in [4.78, 5) is 8.27. The third-order valence-corrected chi connectivity index (χ3v) is 5.17. The topological polar surface area (TPSA) is 37.9 Å². The molecule has 0 atom stereocenters. The highest BCUT2D eigenvalue weighted by Crippen LogP contribution is 2.34. The minimum atomic E-state index is 0.851. The van der Waals surface area contributed by atoms with Gasteiger partial charge in [0, 0.05) is 33.6 Å². The van der Waals surface area contributed by atoms with Gasteiger partial charge in [-0.2, -0.15) is 0 Å². The maximum Gasteiger partial charge on any atom is 0.124 e. The van der Waals surface area contributed by atoms with Crippen molar-refractivity contribution >= 4 is 22.2 Å². The number of nitrogens with one attached hydrogen (secondary N) is 1. The van der Waals surface area contributed by atoms with Gasteiger partial charge in [-0.05, 0) is 24.1 Å². The second-order valence-corrected chi connectivity index (χ2v) is 6.52. The van der Waals surface area contributed by atoms with Crippen LogP contribution in [0, 0.1) is 0 Å². The molecule has 1 N–H and O–H groups in total. The molecule has 0 saturated heterocycles. The largest absolute Gasteiger partial charge is 0.497 e. The molecule has 0 spiro atoms. The maximum atomic E-state index is 5.31. The zero-order valence-electron chi connectivity index (χ0n) is 13.7. The molecule has 0 amide bonds. The van der Waals surface area contributed by atoms with Crippen molar-refractivity contribution in [3.63, 3.8) is 0 Å². The van der Waals surface area contributed by atoms with Crippen LogP contribution in [0.4, 0.5) is 0 Å². The highest BCUT2D eigenvalue weighted by molar-refractivity contribution is 7.13. The first kappa shape index (κ1) is 15.0. The number of fused-ring (bicyclic) bond motifs is 1. The fourth-order valence-corrected chi connectivity index (χ4v) is 3.83. The molecule has 4 heteroatoms. The molecule has 0 radical (unpaired) electrons. The minimum absolute atomic E-state index is 0.851. The molecule has 0 bridgehead atoms. The predicted molar refractivity (Wildman–Crippen MR) is 101 cm³/mol. The van der Waals surface area contributed by atoms with Crippen molar-refractivity contribution in [2.45, 2.75) is 13.3 Å². The van der Waals surface area contributed by atoms with Crippen molar-refractivity contribution < 1.29 is 4.74 Å². The lowest BCUT2D eigenvalue weighted by atomic mass is 10.1. The molecule has 0 aliphatic heterocycles. The van der Waals surface area contributed by atoms with Crippen LogP contribution in [0.1, 0.15) is 12.5 Å². The summed E-state index contributed by atoms with van der Waals surface area (Å²) >= 11 is 1.66. The quantitative estimate of drug-likeness (QED) is 0.533. The number of nitrogens with zero attached hydrogens (tertiary/aromatic N) is 1. The molecular formula is C20H18N2OS. The molecule has 0 aliphatic carbocycles. The van der Waals surface area contributed by atoms with E-state index in [0.717, 1.165) is 34.0 Å². The van der Waals surface area contributed by atoms with Crippen LogP contribution in [0.3, 0.4) is 0 Å². The zero-order valence-corrected chi connectivity index (χ0v) is 14.5. The summed E-state index contributed by atoms with van der Waals surface area (Å²) in [5, 5.41) is 4.36. The van der Waals surface area contributed by atoms with Crippen LogP contribution in [0.5, 0.6) is 5.75 Å². The van der Waals surface area contributed by atoms with E-state index >= 15 is 0 Å². The van der Waals surface area contributed by atoms with Crippen LogP contribution in [0.2, 0.25) is 0 Å². The Kier molecular flexibility index (Phi) is 3.82. The van der Waals surface area contributed by atoms with E-state index in [2.05, 4.69) is 47.8 Å². The summed E-state index contributed by atoms with van der Waals surface area (Å²) in [5.74, 6) is 0.851. The highest BCUT2D eigenvalue weighted by atomic mass is 32.1. The number of H-pyrrole nitrogens is 1. The standard InChI is InChI=1S/C20H18N2OS/c1-3-13-6-5-9-16-17(11-21-19(13)16)18-12-24-20(22-18)14-7-4-8-15(10-14)23-2/h4-12,21H,3H2,1-2H3. The molecule has 0 fully saturated rings. The number of rotatable bonds is 4. The van der Waals surface area contributed by atoms with Gasteiger partial charge in [0.05, 0.1) is 12.8 Å². The molecule has 0 saturated carbocycles. The molecular weight excluding hydrogens is 316 g/mol. The number of hydrogen-bond donors (Lipinski definition) is 1. The Morgan fingerprint density at radius 2 is 2.04 bits per heavy atom. The number of aromatic nitrogens is 2. The van der Waals surface area contributed by atoms with Crippen LogP contribution in [-0.4, -0.2) is 17.1 Å². The van der Waals surface area contributed by atoms with E-state index in [1.807, 2.05) is 18.2 Å². The van der Waals surface area contributed by atoms with E-state index in [1.54, 1.807) is 18.4 Å². The fraction of sp³-hybridized carbons (Fsp3) is 0.150. The normalized spacial score (nSPS) is 11.1. The number of hydrogen-bond acceptors (Lipinski definition) is 3. The SMILES string of the molecule is CCc1cccc2c(-c3csc(-c4cccc(OC)c4)n3)c[nH]c12. The van der Waals surface area contributed by atoms with E-state index in [4.69, 9.17) is 9.72 Å². The zero-order chi connectivity index (χ0) is 16.5. The lowest BCUT2D eigenvalue weighted by molar-refractivity contribution is 0.415.